The van der Waals surface area contributed by atoms with Gasteiger partial charge in [0.2, 0.25) is 0 Å². The minimum absolute atomic E-state index is 0.0442. The van der Waals surface area contributed by atoms with Crippen molar-refractivity contribution in [2.45, 2.75) is 19.8 Å². The van der Waals surface area contributed by atoms with Crippen LogP contribution in [0.5, 0.6) is 5.75 Å². The van der Waals surface area contributed by atoms with E-state index in [9.17, 15) is 4.79 Å². The number of anilines is 1. The van der Waals surface area contributed by atoms with E-state index in [-0.39, 0.29) is 5.43 Å². The summed E-state index contributed by atoms with van der Waals surface area (Å²) in [6, 6.07) is 13.1. The Kier molecular flexibility index (Phi) is 3.80. The Morgan fingerprint density at radius 2 is 2.08 bits per heavy atom. The number of benzene rings is 2. The molecule has 4 heteroatoms. The molecule has 0 radical (unpaired) electrons. The lowest BCUT2D eigenvalue weighted by atomic mass is 10.1. The van der Waals surface area contributed by atoms with Gasteiger partial charge in [-0.15, -0.1) is 0 Å². The van der Waals surface area contributed by atoms with E-state index in [0.717, 1.165) is 28.9 Å². The molecule has 2 aromatic carbocycles. The summed E-state index contributed by atoms with van der Waals surface area (Å²) >= 11 is 0. The topological polar surface area (TPSA) is 65.5 Å². The summed E-state index contributed by atoms with van der Waals surface area (Å²) in [4.78, 5) is 12.7. The first-order valence-electron chi connectivity index (χ1n) is 8.44. The third-order valence-corrected chi connectivity index (χ3v) is 4.46. The number of allylic oxidation sites excluding steroid dienone is 1. The van der Waals surface area contributed by atoms with Crippen LogP contribution in [0.4, 0.5) is 5.69 Å². The number of fused-ring (bicyclic) bond motifs is 2. The molecule has 0 amide bonds. The van der Waals surface area contributed by atoms with Crippen LogP contribution >= 0.6 is 0 Å². The molecule has 0 fully saturated rings. The highest BCUT2D eigenvalue weighted by Crippen LogP contribution is 2.34. The molecule has 0 saturated heterocycles. The lowest BCUT2D eigenvalue weighted by molar-refractivity contribution is 0.340. The van der Waals surface area contributed by atoms with Gasteiger partial charge in [-0.1, -0.05) is 12.1 Å². The van der Waals surface area contributed by atoms with Gasteiger partial charge in [0.05, 0.1) is 12.0 Å². The molecule has 1 aliphatic rings. The van der Waals surface area contributed by atoms with Crippen molar-refractivity contribution >= 4 is 28.3 Å². The number of nitrogen functional groups attached to an aromatic ring is 1. The fraction of sp³-hybridized carbons (Fsp3) is 0.190. The molecule has 1 heterocycles. The molecule has 4 nitrogen and oxygen atoms in total. The second-order valence-corrected chi connectivity index (χ2v) is 6.17. The molecule has 3 aromatic rings. The Morgan fingerprint density at radius 1 is 1.20 bits per heavy atom. The summed E-state index contributed by atoms with van der Waals surface area (Å²) in [5.41, 5.74) is 9.82. The van der Waals surface area contributed by atoms with Crippen molar-refractivity contribution in [3.05, 3.63) is 69.6 Å². The molecule has 25 heavy (non-hydrogen) atoms. The number of ether oxygens (including phenoxy) is 1. The van der Waals surface area contributed by atoms with E-state index in [0.29, 0.717) is 35.4 Å². The second-order valence-electron chi connectivity index (χ2n) is 6.17. The van der Waals surface area contributed by atoms with E-state index in [4.69, 9.17) is 14.9 Å². The lowest BCUT2D eigenvalue weighted by Crippen LogP contribution is -2.08. The fourth-order valence-corrected chi connectivity index (χ4v) is 3.31. The molecule has 0 spiro atoms. The monoisotopic (exact) mass is 333 g/mol. The van der Waals surface area contributed by atoms with Crippen molar-refractivity contribution in [3.63, 3.8) is 0 Å². The molecule has 1 aliphatic carbocycles. The molecule has 2 N–H and O–H groups in total. The highest BCUT2D eigenvalue weighted by molar-refractivity contribution is 5.88. The largest absolute Gasteiger partial charge is 0.494 e. The van der Waals surface area contributed by atoms with Crippen LogP contribution in [0, 0.1) is 0 Å². The number of hydrogen-bond donors (Lipinski definition) is 1. The molecule has 1 aromatic heterocycles. The third kappa shape index (κ3) is 2.80. The molecule has 126 valence electrons. The summed E-state index contributed by atoms with van der Waals surface area (Å²) in [6.45, 7) is 2.59. The molecule has 0 bridgehead atoms. The third-order valence-electron chi connectivity index (χ3n) is 4.46. The highest BCUT2D eigenvalue weighted by Gasteiger charge is 2.23. The summed E-state index contributed by atoms with van der Waals surface area (Å²) in [7, 11) is 0. The van der Waals surface area contributed by atoms with E-state index in [1.807, 2.05) is 31.2 Å². The van der Waals surface area contributed by atoms with Crippen LogP contribution < -0.4 is 15.9 Å². The lowest BCUT2D eigenvalue weighted by Gasteiger charge is -2.06. The van der Waals surface area contributed by atoms with Gasteiger partial charge in [0, 0.05) is 17.3 Å². The van der Waals surface area contributed by atoms with Gasteiger partial charge in [0.15, 0.2) is 5.43 Å². The van der Waals surface area contributed by atoms with Crippen molar-refractivity contribution in [1.29, 1.82) is 0 Å². The predicted octanol–water partition coefficient (Wildman–Crippen LogP) is 4.26. The Labute approximate surface area is 145 Å². The van der Waals surface area contributed by atoms with Crippen LogP contribution in [0.25, 0.3) is 22.6 Å². The van der Waals surface area contributed by atoms with E-state index >= 15 is 0 Å². The van der Waals surface area contributed by atoms with Gasteiger partial charge in [-0.2, -0.15) is 0 Å². The van der Waals surface area contributed by atoms with Crippen molar-refractivity contribution in [2.24, 2.45) is 0 Å². The number of rotatable bonds is 3. The Morgan fingerprint density at radius 3 is 2.92 bits per heavy atom. The summed E-state index contributed by atoms with van der Waals surface area (Å²) in [5, 5.41) is 0.590. The maximum Gasteiger partial charge on any atom is 0.196 e. The van der Waals surface area contributed by atoms with Gasteiger partial charge in [-0.3, -0.25) is 4.79 Å². The summed E-state index contributed by atoms with van der Waals surface area (Å²) in [5.74, 6) is 1.52. The summed E-state index contributed by atoms with van der Waals surface area (Å²) in [6.07, 6.45) is 3.56. The fourth-order valence-electron chi connectivity index (χ4n) is 3.31. The predicted molar refractivity (Wildman–Crippen MR) is 101 cm³/mol. The van der Waals surface area contributed by atoms with Crippen molar-refractivity contribution < 1.29 is 9.15 Å². The molecule has 0 aliphatic heterocycles. The average molecular weight is 333 g/mol. The van der Waals surface area contributed by atoms with E-state index in [1.165, 1.54) is 0 Å². The van der Waals surface area contributed by atoms with Gasteiger partial charge in [-0.25, -0.2) is 0 Å². The maximum absolute atomic E-state index is 12.7. The average Bonchev–Trinajstić information content (AvgIpc) is 2.98. The first kappa shape index (κ1) is 15.5. The summed E-state index contributed by atoms with van der Waals surface area (Å²) < 4.78 is 11.6. The standard InChI is InChI=1S/C21H19NO3/c1-2-24-16-5-3-4-13(11-16)10-14-6-8-18-20(23)17-9-7-15(22)12-19(17)25-21(14)18/h3-5,7,9-12H,2,6,8,22H2,1H3. The van der Waals surface area contributed by atoms with Crippen LogP contribution in [0.1, 0.15) is 30.2 Å². The second kappa shape index (κ2) is 6.13. The Balaban J connectivity index is 1.82. The normalized spacial score (nSPS) is 14.8. The molecular weight excluding hydrogens is 314 g/mol. The molecular formula is C21H19NO3. The minimum Gasteiger partial charge on any atom is -0.494 e. The molecule has 0 saturated carbocycles. The zero-order valence-electron chi connectivity index (χ0n) is 14.0. The van der Waals surface area contributed by atoms with Crippen LogP contribution in [0.15, 0.2) is 51.7 Å². The maximum atomic E-state index is 12.7. The van der Waals surface area contributed by atoms with Crippen molar-refractivity contribution in [1.82, 2.24) is 0 Å². The molecule has 0 atom stereocenters. The smallest absolute Gasteiger partial charge is 0.196 e. The van der Waals surface area contributed by atoms with Crippen molar-refractivity contribution in [3.8, 4) is 5.75 Å². The van der Waals surface area contributed by atoms with E-state index in [1.54, 1.807) is 18.2 Å². The Bertz CT molecular complexity index is 1050. The van der Waals surface area contributed by atoms with Gasteiger partial charge in [-0.05, 0) is 61.2 Å². The molecule has 4 rings (SSSR count). The Hall–Kier alpha value is -3.01. The van der Waals surface area contributed by atoms with Gasteiger partial charge in [0.25, 0.3) is 0 Å². The van der Waals surface area contributed by atoms with Gasteiger partial charge >= 0.3 is 0 Å². The van der Waals surface area contributed by atoms with Crippen LogP contribution in [0.3, 0.4) is 0 Å². The SMILES string of the molecule is CCOc1cccc(C=C2CCc3c2oc2cc(N)ccc2c3=O)c1. The zero-order chi connectivity index (χ0) is 17.4. The first-order chi connectivity index (χ1) is 12.2. The number of nitrogens with two attached hydrogens (primary N) is 1. The van der Waals surface area contributed by atoms with E-state index in [2.05, 4.69) is 6.08 Å². The van der Waals surface area contributed by atoms with Crippen LogP contribution in [-0.2, 0) is 6.42 Å². The van der Waals surface area contributed by atoms with Crippen molar-refractivity contribution in [2.75, 3.05) is 12.3 Å². The highest BCUT2D eigenvalue weighted by atomic mass is 16.5. The van der Waals surface area contributed by atoms with Crippen LogP contribution in [-0.4, -0.2) is 6.61 Å². The zero-order valence-corrected chi connectivity index (χ0v) is 14.0. The van der Waals surface area contributed by atoms with Gasteiger partial charge in [0.1, 0.15) is 17.1 Å². The van der Waals surface area contributed by atoms with Gasteiger partial charge < -0.3 is 14.9 Å². The van der Waals surface area contributed by atoms with Crippen LogP contribution in [0.2, 0.25) is 0 Å². The quantitative estimate of drug-likeness (QED) is 0.727. The first-order valence-corrected chi connectivity index (χ1v) is 8.44. The number of hydrogen-bond acceptors (Lipinski definition) is 4. The van der Waals surface area contributed by atoms with E-state index < -0.39 is 0 Å². The minimum atomic E-state index is 0.0442. The molecule has 0 unspecified atom stereocenters.